The Bertz CT molecular complexity index is 880. The SMILES string of the molecule is O=c1cc(N2CCN(c3cccc(Cl)n3)CC2)[nH]c(=O)n1C1CCCCC1. The summed E-state index contributed by atoms with van der Waals surface area (Å²) in [4.78, 5) is 36.7. The molecule has 3 heterocycles. The predicted molar refractivity (Wildman–Crippen MR) is 107 cm³/mol. The highest BCUT2D eigenvalue weighted by Crippen LogP contribution is 2.26. The summed E-state index contributed by atoms with van der Waals surface area (Å²) in [5.41, 5.74) is -0.483. The van der Waals surface area contributed by atoms with Gasteiger partial charge in [-0.1, -0.05) is 36.9 Å². The van der Waals surface area contributed by atoms with E-state index in [4.69, 9.17) is 11.6 Å². The van der Waals surface area contributed by atoms with Gasteiger partial charge in [-0.2, -0.15) is 0 Å². The van der Waals surface area contributed by atoms with Gasteiger partial charge < -0.3 is 9.80 Å². The summed E-state index contributed by atoms with van der Waals surface area (Å²) in [7, 11) is 0. The number of halogens is 1. The second-order valence-corrected chi connectivity index (χ2v) is 7.64. The maximum absolute atomic E-state index is 12.6. The Morgan fingerprint density at radius 1 is 1.00 bits per heavy atom. The van der Waals surface area contributed by atoms with Crippen molar-refractivity contribution in [1.29, 1.82) is 0 Å². The van der Waals surface area contributed by atoms with Gasteiger partial charge in [-0.25, -0.2) is 9.78 Å². The zero-order valence-electron chi connectivity index (χ0n) is 15.2. The van der Waals surface area contributed by atoms with Crippen LogP contribution in [0.2, 0.25) is 5.15 Å². The molecular weight excluding hydrogens is 366 g/mol. The molecule has 7 nitrogen and oxygen atoms in total. The fourth-order valence-corrected chi connectivity index (χ4v) is 4.26. The van der Waals surface area contributed by atoms with Crippen molar-refractivity contribution in [2.45, 2.75) is 38.1 Å². The molecule has 0 atom stereocenters. The fraction of sp³-hybridized carbons (Fsp3) is 0.526. The van der Waals surface area contributed by atoms with E-state index in [1.54, 1.807) is 12.1 Å². The Balaban J connectivity index is 1.48. The molecule has 1 N–H and O–H groups in total. The Kier molecular flexibility index (Phi) is 5.20. The first-order chi connectivity index (χ1) is 13.1. The van der Waals surface area contributed by atoms with Crippen LogP contribution in [-0.2, 0) is 0 Å². The first-order valence-electron chi connectivity index (χ1n) is 9.60. The summed E-state index contributed by atoms with van der Waals surface area (Å²) in [6, 6.07) is 7.19. The molecule has 1 saturated carbocycles. The number of hydrogen-bond acceptors (Lipinski definition) is 5. The van der Waals surface area contributed by atoms with Crippen LogP contribution in [0.1, 0.15) is 38.1 Å². The first kappa shape index (κ1) is 18.1. The largest absolute Gasteiger partial charge is 0.354 e. The molecule has 0 aromatic carbocycles. The minimum Gasteiger partial charge on any atom is -0.354 e. The molecule has 0 unspecified atom stereocenters. The Hall–Kier alpha value is -2.28. The molecule has 2 fully saturated rings. The molecule has 8 heteroatoms. The van der Waals surface area contributed by atoms with Crippen molar-refractivity contribution < 1.29 is 0 Å². The Morgan fingerprint density at radius 3 is 2.37 bits per heavy atom. The van der Waals surface area contributed by atoms with Crippen LogP contribution < -0.4 is 21.0 Å². The lowest BCUT2D eigenvalue weighted by atomic mass is 9.95. The van der Waals surface area contributed by atoms with E-state index in [9.17, 15) is 9.59 Å². The molecule has 0 radical (unpaired) electrons. The molecule has 144 valence electrons. The molecule has 2 aromatic heterocycles. The van der Waals surface area contributed by atoms with E-state index in [0.717, 1.165) is 44.6 Å². The molecular formula is C19H24ClN5O2. The lowest BCUT2D eigenvalue weighted by molar-refractivity contribution is 0.336. The summed E-state index contributed by atoms with van der Waals surface area (Å²) in [6.07, 6.45) is 5.17. The quantitative estimate of drug-likeness (QED) is 0.816. The third-order valence-corrected chi connectivity index (χ3v) is 5.75. The van der Waals surface area contributed by atoms with E-state index in [1.165, 1.54) is 11.0 Å². The van der Waals surface area contributed by atoms with Crippen LogP contribution in [-0.4, -0.2) is 40.7 Å². The number of aromatic amines is 1. The Morgan fingerprint density at radius 2 is 1.70 bits per heavy atom. The van der Waals surface area contributed by atoms with Crippen molar-refractivity contribution in [1.82, 2.24) is 14.5 Å². The summed E-state index contributed by atoms with van der Waals surface area (Å²) >= 11 is 5.98. The fourth-order valence-electron chi connectivity index (χ4n) is 4.10. The van der Waals surface area contributed by atoms with E-state index in [-0.39, 0.29) is 17.3 Å². The van der Waals surface area contributed by atoms with E-state index in [1.807, 2.05) is 12.1 Å². The van der Waals surface area contributed by atoms with Crippen molar-refractivity contribution in [3.8, 4) is 0 Å². The number of piperazine rings is 1. The molecule has 1 aliphatic carbocycles. The van der Waals surface area contributed by atoms with Crippen LogP contribution in [0.15, 0.2) is 33.9 Å². The van der Waals surface area contributed by atoms with Gasteiger partial charge >= 0.3 is 5.69 Å². The topological polar surface area (TPSA) is 74.2 Å². The van der Waals surface area contributed by atoms with Crippen molar-refractivity contribution in [2.75, 3.05) is 36.0 Å². The maximum Gasteiger partial charge on any atom is 0.330 e. The molecule has 0 amide bonds. The second-order valence-electron chi connectivity index (χ2n) is 7.25. The number of H-pyrrole nitrogens is 1. The zero-order chi connectivity index (χ0) is 18.8. The smallest absolute Gasteiger partial charge is 0.330 e. The van der Waals surface area contributed by atoms with Crippen molar-refractivity contribution in [2.24, 2.45) is 0 Å². The number of hydrogen-bond donors (Lipinski definition) is 1. The van der Waals surface area contributed by atoms with Crippen LogP contribution >= 0.6 is 11.6 Å². The molecule has 1 saturated heterocycles. The van der Waals surface area contributed by atoms with Crippen LogP contribution in [0, 0.1) is 0 Å². The van der Waals surface area contributed by atoms with E-state index >= 15 is 0 Å². The van der Waals surface area contributed by atoms with E-state index in [0.29, 0.717) is 24.1 Å². The molecule has 1 aliphatic heterocycles. The van der Waals surface area contributed by atoms with Crippen molar-refractivity contribution in [3.63, 3.8) is 0 Å². The van der Waals surface area contributed by atoms with Crippen molar-refractivity contribution >= 4 is 23.2 Å². The van der Waals surface area contributed by atoms with Crippen molar-refractivity contribution in [3.05, 3.63) is 50.3 Å². The third-order valence-electron chi connectivity index (χ3n) is 5.54. The number of aromatic nitrogens is 3. The summed E-state index contributed by atoms with van der Waals surface area (Å²) in [5, 5.41) is 0.477. The highest BCUT2D eigenvalue weighted by Gasteiger charge is 2.22. The minimum atomic E-state index is -0.289. The van der Waals surface area contributed by atoms with Crippen LogP contribution in [0.3, 0.4) is 0 Å². The number of rotatable bonds is 3. The highest BCUT2D eigenvalue weighted by atomic mass is 35.5. The lowest BCUT2D eigenvalue weighted by Gasteiger charge is -2.36. The Labute approximate surface area is 162 Å². The first-order valence-corrected chi connectivity index (χ1v) is 9.98. The molecule has 0 bridgehead atoms. The molecule has 0 spiro atoms. The molecule has 27 heavy (non-hydrogen) atoms. The zero-order valence-corrected chi connectivity index (χ0v) is 16.0. The molecule has 2 aromatic rings. The van der Waals surface area contributed by atoms with E-state index in [2.05, 4.69) is 19.8 Å². The average Bonchev–Trinajstić information content (AvgIpc) is 2.68. The van der Waals surface area contributed by atoms with Gasteiger partial charge in [0.1, 0.15) is 16.8 Å². The standard InChI is InChI=1S/C19H24ClN5O2/c20-15-7-4-8-16(21-15)23-9-11-24(12-10-23)17-13-18(26)25(19(27)22-17)14-5-2-1-3-6-14/h4,7-8,13-14H,1-3,5-6,9-12H2,(H,22,27). The molecule has 4 rings (SSSR count). The van der Waals surface area contributed by atoms with Crippen LogP contribution in [0.4, 0.5) is 11.6 Å². The summed E-state index contributed by atoms with van der Waals surface area (Å²) in [5.74, 6) is 1.46. The van der Waals surface area contributed by atoms with Gasteiger partial charge in [-0.05, 0) is 25.0 Å². The summed E-state index contributed by atoms with van der Waals surface area (Å²) in [6.45, 7) is 2.91. The lowest BCUT2D eigenvalue weighted by Crippen LogP contribution is -2.48. The average molecular weight is 390 g/mol. The predicted octanol–water partition coefficient (Wildman–Crippen LogP) is 2.42. The number of pyridine rings is 1. The third kappa shape index (κ3) is 3.88. The van der Waals surface area contributed by atoms with Crippen LogP contribution in [0.25, 0.3) is 0 Å². The highest BCUT2D eigenvalue weighted by molar-refractivity contribution is 6.29. The van der Waals surface area contributed by atoms with Gasteiger partial charge in [0.25, 0.3) is 5.56 Å². The number of nitrogens with one attached hydrogen (secondary N) is 1. The minimum absolute atomic E-state index is 0.0369. The number of nitrogens with zero attached hydrogens (tertiary/aromatic N) is 4. The van der Waals surface area contributed by atoms with Gasteiger partial charge in [0.15, 0.2) is 0 Å². The number of anilines is 2. The maximum atomic E-state index is 12.6. The normalized spacial score (nSPS) is 18.7. The van der Waals surface area contributed by atoms with Gasteiger partial charge in [0.05, 0.1) is 0 Å². The van der Waals surface area contributed by atoms with Crippen LogP contribution in [0.5, 0.6) is 0 Å². The summed E-state index contributed by atoms with van der Waals surface area (Å²) < 4.78 is 1.41. The van der Waals surface area contributed by atoms with Gasteiger partial charge in [0.2, 0.25) is 0 Å². The molecule has 2 aliphatic rings. The van der Waals surface area contributed by atoms with Gasteiger partial charge in [-0.15, -0.1) is 0 Å². The van der Waals surface area contributed by atoms with E-state index < -0.39 is 0 Å². The van der Waals surface area contributed by atoms with Gasteiger partial charge in [-0.3, -0.25) is 14.3 Å². The monoisotopic (exact) mass is 389 g/mol. The van der Waals surface area contributed by atoms with Gasteiger partial charge in [0, 0.05) is 38.3 Å². The second kappa shape index (κ2) is 7.76.